The van der Waals surface area contributed by atoms with Crippen LogP contribution in [0.5, 0.6) is 5.75 Å². The Balaban J connectivity index is 1.98. The second-order valence-corrected chi connectivity index (χ2v) is 6.56. The van der Waals surface area contributed by atoms with Crippen LogP contribution in [0.25, 0.3) is 5.76 Å². The summed E-state index contributed by atoms with van der Waals surface area (Å²) in [6, 6.07) is 10.2. The molecule has 6 nitrogen and oxygen atoms in total. The van der Waals surface area contributed by atoms with Crippen molar-refractivity contribution in [2.75, 3.05) is 7.11 Å². The van der Waals surface area contributed by atoms with Crippen LogP contribution in [0.15, 0.2) is 58.6 Å². The lowest BCUT2D eigenvalue weighted by molar-refractivity contribution is -0.111. The van der Waals surface area contributed by atoms with Gasteiger partial charge in [-0.3, -0.25) is 19.2 Å². The summed E-state index contributed by atoms with van der Waals surface area (Å²) >= 11 is 6.15. The topological polar surface area (TPSA) is 97.7 Å². The van der Waals surface area contributed by atoms with Gasteiger partial charge >= 0.3 is 0 Å². The predicted molar refractivity (Wildman–Crippen MR) is 99.9 cm³/mol. The first-order chi connectivity index (χ1) is 13.4. The highest BCUT2D eigenvalue weighted by molar-refractivity contribution is 6.57. The quantitative estimate of drug-likeness (QED) is 0.785. The van der Waals surface area contributed by atoms with Crippen LogP contribution < -0.4 is 4.74 Å². The Morgan fingerprint density at radius 2 is 1.39 bits per heavy atom. The van der Waals surface area contributed by atoms with Gasteiger partial charge in [0.2, 0.25) is 17.3 Å². The van der Waals surface area contributed by atoms with Crippen LogP contribution in [0.2, 0.25) is 0 Å². The number of carbonyl (C=O) groups excluding carboxylic acids is 4. The largest absolute Gasteiger partial charge is 0.506 e. The van der Waals surface area contributed by atoms with Crippen LogP contribution in [0.4, 0.5) is 0 Å². The number of carbonyl (C=O) groups is 4. The fourth-order valence-corrected chi connectivity index (χ4v) is 3.61. The lowest BCUT2D eigenvalue weighted by atomic mass is 9.79. The summed E-state index contributed by atoms with van der Waals surface area (Å²) in [5.41, 5.74) is -0.897. The van der Waals surface area contributed by atoms with E-state index in [2.05, 4.69) is 0 Å². The minimum atomic E-state index is -1.09. The van der Waals surface area contributed by atoms with E-state index < -0.39 is 45.1 Å². The summed E-state index contributed by atoms with van der Waals surface area (Å²) in [5.74, 6) is -3.63. The van der Waals surface area contributed by atoms with Gasteiger partial charge in [-0.2, -0.15) is 0 Å². The molecule has 0 aromatic heterocycles. The van der Waals surface area contributed by atoms with E-state index >= 15 is 0 Å². The number of rotatable bonds is 2. The number of aliphatic hydroxyl groups is 1. The summed E-state index contributed by atoms with van der Waals surface area (Å²) < 4.78 is 5.06. The van der Waals surface area contributed by atoms with Crippen molar-refractivity contribution in [3.63, 3.8) is 0 Å². The van der Waals surface area contributed by atoms with Crippen molar-refractivity contribution in [3.8, 4) is 5.75 Å². The minimum Gasteiger partial charge on any atom is -0.506 e. The molecule has 0 radical (unpaired) electrons. The van der Waals surface area contributed by atoms with E-state index in [9.17, 15) is 24.3 Å². The van der Waals surface area contributed by atoms with Gasteiger partial charge in [-0.15, -0.1) is 0 Å². The van der Waals surface area contributed by atoms with Crippen LogP contribution in [0.3, 0.4) is 0 Å². The van der Waals surface area contributed by atoms with Crippen molar-refractivity contribution in [1.82, 2.24) is 0 Å². The van der Waals surface area contributed by atoms with Gasteiger partial charge in [0.15, 0.2) is 5.78 Å². The molecular formula is C21H11ClO6. The SMILES string of the molecule is COc1ccc2c(c1)C(=O)C(Cl)=C(C1=C(O)c3ccccc3C(=O)C1=O)C2=O. The maximum absolute atomic E-state index is 13.0. The molecule has 0 atom stereocenters. The molecule has 0 saturated heterocycles. The third kappa shape index (κ3) is 2.35. The number of halogens is 1. The molecule has 2 aromatic carbocycles. The lowest BCUT2D eigenvalue weighted by Crippen LogP contribution is -2.30. The van der Waals surface area contributed by atoms with Crippen molar-refractivity contribution < 1.29 is 29.0 Å². The Hall–Kier alpha value is -3.51. The molecular weight excluding hydrogens is 384 g/mol. The molecule has 0 spiro atoms. The number of Topliss-reactive ketones (excluding diaryl/α,β-unsaturated/α-hetero) is 4. The second kappa shape index (κ2) is 6.28. The first-order valence-corrected chi connectivity index (χ1v) is 8.53. The van der Waals surface area contributed by atoms with Gasteiger partial charge in [0.1, 0.15) is 16.5 Å². The molecule has 28 heavy (non-hydrogen) atoms. The monoisotopic (exact) mass is 394 g/mol. The van der Waals surface area contributed by atoms with Gasteiger partial charge < -0.3 is 9.84 Å². The molecule has 138 valence electrons. The van der Waals surface area contributed by atoms with Crippen LogP contribution in [-0.4, -0.2) is 35.3 Å². The number of aliphatic hydroxyl groups excluding tert-OH is 1. The standard InChI is InChI=1S/C21H11ClO6/c1-28-9-6-7-12-13(8-9)19(25)16(22)14(17(12)23)15-18(24)10-4-2-3-5-11(10)20(26)21(15)27/h2-8,24H,1H3. The smallest absolute Gasteiger partial charge is 0.238 e. The van der Waals surface area contributed by atoms with E-state index in [0.717, 1.165) is 0 Å². The van der Waals surface area contributed by atoms with Crippen LogP contribution in [0, 0.1) is 0 Å². The summed E-state index contributed by atoms with van der Waals surface area (Å²) in [4.78, 5) is 50.9. The van der Waals surface area contributed by atoms with Crippen molar-refractivity contribution >= 4 is 40.5 Å². The maximum Gasteiger partial charge on any atom is 0.238 e. The number of fused-ring (bicyclic) bond motifs is 2. The van der Waals surface area contributed by atoms with E-state index in [-0.39, 0.29) is 22.3 Å². The first kappa shape index (κ1) is 17.9. The number of allylic oxidation sites excluding steroid dienone is 3. The minimum absolute atomic E-state index is 0.00427. The molecule has 4 rings (SSSR count). The van der Waals surface area contributed by atoms with E-state index in [4.69, 9.17) is 16.3 Å². The molecule has 0 unspecified atom stereocenters. The van der Waals surface area contributed by atoms with Gasteiger partial charge in [0.25, 0.3) is 0 Å². The number of hydrogen-bond donors (Lipinski definition) is 1. The first-order valence-electron chi connectivity index (χ1n) is 8.16. The molecule has 0 saturated carbocycles. The number of methoxy groups -OCH3 is 1. The predicted octanol–water partition coefficient (Wildman–Crippen LogP) is 3.30. The second-order valence-electron chi connectivity index (χ2n) is 6.19. The van der Waals surface area contributed by atoms with Gasteiger partial charge in [0.05, 0.1) is 18.3 Å². The highest BCUT2D eigenvalue weighted by Gasteiger charge is 2.42. The third-order valence-electron chi connectivity index (χ3n) is 4.71. The zero-order valence-corrected chi connectivity index (χ0v) is 15.2. The molecule has 0 amide bonds. The molecule has 1 N–H and O–H groups in total. The van der Waals surface area contributed by atoms with E-state index in [0.29, 0.717) is 5.75 Å². The summed E-state index contributed by atoms with van der Waals surface area (Å²) in [5, 5.41) is 10.1. The summed E-state index contributed by atoms with van der Waals surface area (Å²) in [6.45, 7) is 0. The average molecular weight is 395 g/mol. The van der Waals surface area contributed by atoms with Gasteiger partial charge in [-0.1, -0.05) is 35.9 Å². The number of ether oxygens (including phenoxy) is 1. The molecule has 0 fully saturated rings. The third-order valence-corrected chi connectivity index (χ3v) is 5.07. The highest BCUT2D eigenvalue weighted by Crippen LogP contribution is 2.39. The molecule has 2 aliphatic carbocycles. The molecule has 0 aliphatic heterocycles. The Bertz CT molecular complexity index is 1190. The molecule has 0 heterocycles. The zero-order valence-electron chi connectivity index (χ0n) is 14.4. The van der Waals surface area contributed by atoms with Gasteiger partial charge in [-0.25, -0.2) is 0 Å². The van der Waals surface area contributed by atoms with Crippen molar-refractivity contribution in [1.29, 1.82) is 0 Å². The van der Waals surface area contributed by atoms with E-state index in [1.165, 1.54) is 37.4 Å². The number of ketones is 4. The zero-order chi connectivity index (χ0) is 20.2. The lowest BCUT2D eigenvalue weighted by Gasteiger charge is -2.23. The summed E-state index contributed by atoms with van der Waals surface area (Å²) in [7, 11) is 1.41. The van der Waals surface area contributed by atoms with Crippen molar-refractivity contribution in [3.05, 3.63) is 80.9 Å². The van der Waals surface area contributed by atoms with Crippen molar-refractivity contribution in [2.45, 2.75) is 0 Å². The van der Waals surface area contributed by atoms with Crippen molar-refractivity contribution in [2.24, 2.45) is 0 Å². The molecule has 7 heteroatoms. The van der Waals surface area contributed by atoms with E-state index in [1.54, 1.807) is 12.1 Å². The van der Waals surface area contributed by atoms with Crippen LogP contribution in [0.1, 0.15) is 36.6 Å². The number of hydrogen-bond acceptors (Lipinski definition) is 6. The Labute approximate surface area is 163 Å². The maximum atomic E-state index is 13.0. The Morgan fingerprint density at radius 1 is 0.750 bits per heavy atom. The van der Waals surface area contributed by atoms with Gasteiger partial charge in [0, 0.05) is 22.3 Å². The van der Waals surface area contributed by atoms with E-state index in [1.807, 2.05) is 0 Å². The van der Waals surface area contributed by atoms with Crippen LogP contribution in [-0.2, 0) is 4.79 Å². The van der Waals surface area contributed by atoms with Gasteiger partial charge in [-0.05, 0) is 18.2 Å². The Morgan fingerprint density at radius 3 is 2.07 bits per heavy atom. The fraction of sp³-hybridized carbons (Fsp3) is 0.0476. The fourth-order valence-electron chi connectivity index (χ4n) is 3.32. The number of benzene rings is 2. The highest BCUT2D eigenvalue weighted by atomic mass is 35.5. The molecule has 2 aliphatic rings. The molecule has 2 aromatic rings. The average Bonchev–Trinajstić information content (AvgIpc) is 2.72. The Kier molecular flexibility index (Phi) is 4.01. The summed E-state index contributed by atoms with van der Waals surface area (Å²) in [6.07, 6.45) is 0. The normalized spacial score (nSPS) is 16.4. The molecule has 0 bridgehead atoms. The van der Waals surface area contributed by atoms with Crippen LogP contribution >= 0.6 is 11.6 Å².